The van der Waals surface area contributed by atoms with E-state index in [1.54, 1.807) is 14.0 Å². The molecule has 2 aromatic carbocycles. The summed E-state index contributed by atoms with van der Waals surface area (Å²) in [5.41, 5.74) is 7.65. The third kappa shape index (κ3) is 3.65. The smallest absolute Gasteiger partial charge is 0.318 e. The Morgan fingerprint density at radius 1 is 1.19 bits per heavy atom. The minimum Gasteiger partial charge on any atom is -0.497 e. The number of urea groups is 1. The van der Waals surface area contributed by atoms with Crippen LogP contribution in [-0.2, 0) is 4.79 Å². The predicted octanol–water partition coefficient (Wildman–Crippen LogP) is 2.71. The van der Waals surface area contributed by atoms with Gasteiger partial charge in [0.1, 0.15) is 5.75 Å². The Labute approximate surface area is 154 Å². The quantitative estimate of drug-likeness (QED) is 0.673. The molecule has 0 aliphatic carbocycles. The summed E-state index contributed by atoms with van der Waals surface area (Å²) in [6.45, 7) is 1.70. The number of nitrogens with one attached hydrogen (secondary N) is 1. The van der Waals surface area contributed by atoms with Gasteiger partial charge >= 0.3 is 6.03 Å². The lowest BCUT2D eigenvalue weighted by Gasteiger charge is -2.13. The van der Waals surface area contributed by atoms with Crippen LogP contribution in [0.25, 0.3) is 16.7 Å². The van der Waals surface area contributed by atoms with Gasteiger partial charge in [0.25, 0.3) is 0 Å². The summed E-state index contributed by atoms with van der Waals surface area (Å²) in [5.74, 6) is 0.289. The Balaban J connectivity index is 2.01. The summed E-state index contributed by atoms with van der Waals surface area (Å²) in [6, 6.07) is 14.4. The van der Waals surface area contributed by atoms with Crippen molar-refractivity contribution in [3.05, 3.63) is 48.5 Å². The fraction of sp³-hybridized carbons (Fsp3) is 0.167. The first-order chi connectivity index (χ1) is 12.5. The van der Waals surface area contributed by atoms with Crippen LogP contribution in [-0.4, -0.2) is 33.8 Å². The average molecular weight is 370 g/mol. The lowest BCUT2D eigenvalue weighted by atomic mass is 10.2. The van der Waals surface area contributed by atoms with Gasteiger partial charge in [-0.1, -0.05) is 23.9 Å². The van der Waals surface area contributed by atoms with E-state index in [2.05, 4.69) is 10.3 Å². The van der Waals surface area contributed by atoms with E-state index in [9.17, 15) is 9.59 Å². The minimum absolute atomic E-state index is 0.462. The molecule has 0 spiro atoms. The van der Waals surface area contributed by atoms with Crippen LogP contribution >= 0.6 is 11.8 Å². The number of nitrogens with two attached hydrogens (primary N) is 1. The molecule has 134 valence electrons. The maximum atomic E-state index is 12.0. The number of para-hydroxylation sites is 2. The maximum absolute atomic E-state index is 12.0. The number of amides is 3. The zero-order chi connectivity index (χ0) is 18.7. The largest absolute Gasteiger partial charge is 0.497 e. The highest BCUT2D eigenvalue weighted by molar-refractivity contribution is 8.00. The molecule has 0 radical (unpaired) electrons. The molecule has 3 amide bonds. The molecule has 0 bridgehead atoms. The molecule has 8 heteroatoms. The highest BCUT2D eigenvalue weighted by Gasteiger charge is 2.21. The molecule has 3 aromatic rings. The maximum Gasteiger partial charge on any atom is 0.318 e. The van der Waals surface area contributed by atoms with Crippen molar-refractivity contribution in [3.8, 4) is 11.4 Å². The van der Waals surface area contributed by atoms with Gasteiger partial charge in [-0.05, 0) is 43.3 Å². The molecule has 1 atom stereocenters. The topological polar surface area (TPSA) is 99.2 Å². The van der Waals surface area contributed by atoms with Crippen molar-refractivity contribution in [2.45, 2.75) is 17.3 Å². The Bertz CT molecular complexity index is 953. The van der Waals surface area contributed by atoms with Crippen molar-refractivity contribution in [2.24, 2.45) is 5.73 Å². The highest BCUT2D eigenvalue weighted by Crippen LogP contribution is 2.31. The van der Waals surface area contributed by atoms with Crippen LogP contribution in [0.15, 0.2) is 53.7 Å². The summed E-state index contributed by atoms with van der Waals surface area (Å²) in [7, 11) is 1.61. The SMILES string of the molecule is COc1ccc(-n2c(S[C@H](C)C(=O)NC(N)=O)nc3ccccc32)cc1. The third-order valence-electron chi connectivity index (χ3n) is 3.76. The Hall–Kier alpha value is -3.00. The van der Waals surface area contributed by atoms with E-state index in [1.165, 1.54) is 11.8 Å². The first kappa shape index (κ1) is 17.8. The number of hydrogen-bond donors (Lipinski definition) is 2. The number of aromatic nitrogens is 2. The summed E-state index contributed by atoms with van der Waals surface area (Å²) >= 11 is 1.25. The number of benzene rings is 2. The second-order valence-electron chi connectivity index (χ2n) is 5.53. The van der Waals surface area contributed by atoms with E-state index >= 15 is 0 Å². The summed E-state index contributed by atoms with van der Waals surface area (Å²) < 4.78 is 7.18. The van der Waals surface area contributed by atoms with Crippen LogP contribution in [0.1, 0.15) is 6.92 Å². The highest BCUT2D eigenvalue weighted by atomic mass is 32.2. The summed E-state index contributed by atoms with van der Waals surface area (Å²) in [6.07, 6.45) is 0. The molecule has 0 saturated heterocycles. The molecule has 1 aromatic heterocycles. The number of fused-ring (bicyclic) bond motifs is 1. The minimum atomic E-state index is -0.869. The first-order valence-corrected chi connectivity index (χ1v) is 8.76. The molecule has 0 aliphatic rings. The van der Waals surface area contributed by atoms with Crippen LogP contribution in [0.2, 0.25) is 0 Å². The van der Waals surface area contributed by atoms with Crippen LogP contribution in [0.3, 0.4) is 0 Å². The lowest BCUT2D eigenvalue weighted by Crippen LogP contribution is -2.39. The van der Waals surface area contributed by atoms with Gasteiger partial charge in [0.15, 0.2) is 5.16 Å². The van der Waals surface area contributed by atoms with Crippen molar-refractivity contribution in [3.63, 3.8) is 0 Å². The normalized spacial score (nSPS) is 11.9. The number of hydrogen-bond acceptors (Lipinski definition) is 5. The monoisotopic (exact) mass is 370 g/mol. The fourth-order valence-electron chi connectivity index (χ4n) is 2.50. The third-order valence-corrected chi connectivity index (χ3v) is 4.81. The number of imide groups is 1. The summed E-state index contributed by atoms with van der Waals surface area (Å²) in [4.78, 5) is 27.6. The van der Waals surface area contributed by atoms with Crippen molar-refractivity contribution in [1.29, 1.82) is 0 Å². The van der Waals surface area contributed by atoms with E-state index < -0.39 is 17.2 Å². The first-order valence-electron chi connectivity index (χ1n) is 7.88. The average Bonchev–Trinajstić information content (AvgIpc) is 2.99. The molecule has 26 heavy (non-hydrogen) atoms. The van der Waals surface area contributed by atoms with Crippen molar-refractivity contribution in [1.82, 2.24) is 14.9 Å². The molecule has 1 heterocycles. The molecule has 0 saturated carbocycles. The van der Waals surface area contributed by atoms with Gasteiger partial charge < -0.3 is 10.5 Å². The number of methoxy groups -OCH3 is 1. The molecule has 3 rings (SSSR count). The van der Waals surface area contributed by atoms with Gasteiger partial charge in [0, 0.05) is 5.69 Å². The van der Waals surface area contributed by atoms with E-state index in [0.29, 0.717) is 5.16 Å². The number of thioether (sulfide) groups is 1. The number of ether oxygens (including phenoxy) is 1. The summed E-state index contributed by atoms with van der Waals surface area (Å²) in [5, 5.41) is 2.19. The van der Waals surface area contributed by atoms with Gasteiger partial charge in [-0.3, -0.25) is 14.7 Å². The molecular weight excluding hydrogens is 352 g/mol. The molecule has 3 N–H and O–H groups in total. The number of carbonyl (C=O) groups excluding carboxylic acids is 2. The Morgan fingerprint density at radius 2 is 1.88 bits per heavy atom. The number of imidazole rings is 1. The number of nitrogens with zero attached hydrogens (tertiary/aromatic N) is 2. The molecule has 0 unspecified atom stereocenters. The van der Waals surface area contributed by atoms with Crippen LogP contribution in [0.4, 0.5) is 4.79 Å². The van der Waals surface area contributed by atoms with Gasteiger partial charge in [0.05, 0.1) is 23.4 Å². The predicted molar refractivity (Wildman–Crippen MR) is 101 cm³/mol. The van der Waals surface area contributed by atoms with Crippen molar-refractivity contribution in [2.75, 3.05) is 7.11 Å². The standard InChI is InChI=1S/C18H18N4O3S/c1-11(16(23)21-17(19)24)26-18-20-14-5-3-4-6-15(14)22(18)12-7-9-13(25-2)10-8-12/h3-11H,1-2H3,(H3,19,21,23,24)/t11-/m1/s1. The van der Waals surface area contributed by atoms with Gasteiger partial charge in [-0.25, -0.2) is 9.78 Å². The molecule has 0 fully saturated rings. The molecular formula is C18H18N4O3S. The Kier molecular flexibility index (Phi) is 5.13. The second kappa shape index (κ2) is 7.49. The van der Waals surface area contributed by atoms with E-state index in [-0.39, 0.29) is 0 Å². The zero-order valence-electron chi connectivity index (χ0n) is 14.3. The number of rotatable bonds is 5. The van der Waals surface area contributed by atoms with Crippen LogP contribution in [0, 0.1) is 0 Å². The fourth-order valence-corrected chi connectivity index (χ4v) is 3.44. The molecule has 0 aliphatic heterocycles. The van der Waals surface area contributed by atoms with Gasteiger partial charge in [-0.15, -0.1) is 0 Å². The number of carbonyl (C=O) groups is 2. The lowest BCUT2D eigenvalue weighted by molar-refractivity contribution is -0.119. The van der Waals surface area contributed by atoms with Crippen LogP contribution in [0.5, 0.6) is 5.75 Å². The van der Waals surface area contributed by atoms with E-state index in [4.69, 9.17) is 10.5 Å². The Morgan fingerprint density at radius 3 is 2.54 bits per heavy atom. The van der Waals surface area contributed by atoms with Gasteiger partial charge in [0.2, 0.25) is 5.91 Å². The van der Waals surface area contributed by atoms with Crippen LogP contribution < -0.4 is 15.8 Å². The second-order valence-corrected chi connectivity index (χ2v) is 6.84. The van der Waals surface area contributed by atoms with Crippen molar-refractivity contribution < 1.29 is 14.3 Å². The zero-order valence-corrected chi connectivity index (χ0v) is 15.1. The van der Waals surface area contributed by atoms with E-state index in [0.717, 1.165) is 22.5 Å². The molecule has 7 nitrogen and oxygen atoms in total. The van der Waals surface area contributed by atoms with Gasteiger partial charge in [-0.2, -0.15) is 0 Å². The number of primary amides is 1. The van der Waals surface area contributed by atoms with Crippen molar-refractivity contribution >= 4 is 34.7 Å². The van der Waals surface area contributed by atoms with E-state index in [1.807, 2.05) is 53.1 Å².